The Balaban J connectivity index is 1.38. The molecule has 4 aromatic rings. The first kappa shape index (κ1) is 18.4. The zero-order chi connectivity index (χ0) is 20.2. The Kier molecular flexibility index (Phi) is 5.07. The Morgan fingerprint density at radius 3 is 2.45 bits per heavy atom. The van der Waals surface area contributed by atoms with E-state index in [-0.39, 0.29) is 18.4 Å². The Labute approximate surface area is 168 Å². The lowest BCUT2D eigenvalue weighted by Crippen LogP contribution is -2.32. The van der Waals surface area contributed by atoms with Crippen molar-refractivity contribution >= 4 is 23.1 Å². The van der Waals surface area contributed by atoms with Gasteiger partial charge >= 0.3 is 0 Å². The molecule has 144 valence electrons. The lowest BCUT2D eigenvalue weighted by atomic mass is 10.1. The number of carbonyl (C=O) groups excluding carboxylic acids is 2. The van der Waals surface area contributed by atoms with Crippen molar-refractivity contribution in [3.05, 3.63) is 90.3 Å². The molecule has 0 radical (unpaired) electrons. The van der Waals surface area contributed by atoms with Gasteiger partial charge in [-0.2, -0.15) is 0 Å². The lowest BCUT2D eigenvalue weighted by molar-refractivity contribution is -0.115. The summed E-state index contributed by atoms with van der Waals surface area (Å²) in [6.45, 7) is 1.93. The third kappa shape index (κ3) is 4.16. The van der Waals surface area contributed by atoms with E-state index in [2.05, 4.69) is 15.6 Å². The third-order valence-electron chi connectivity index (χ3n) is 4.59. The highest BCUT2D eigenvalue weighted by molar-refractivity contribution is 5.99. The number of carbonyl (C=O) groups is 2. The van der Waals surface area contributed by atoms with Gasteiger partial charge in [0.05, 0.1) is 12.2 Å². The van der Waals surface area contributed by atoms with E-state index in [9.17, 15) is 9.59 Å². The molecular formula is C23H20N4O2. The fourth-order valence-electron chi connectivity index (χ4n) is 3.07. The first-order valence-electron chi connectivity index (χ1n) is 9.28. The van der Waals surface area contributed by atoms with Crippen molar-refractivity contribution in [1.29, 1.82) is 0 Å². The molecule has 0 unspecified atom stereocenters. The molecule has 2 aromatic carbocycles. The molecule has 0 saturated carbocycles. The molecule has 0 bridgehead atoms. The van der Waals surface area contributed by atoms with Crippen LogP contribution in [0.1, 0.15) is 15.9 Å². The average Bonchev–Trinajstić information content (AvgIpc) is 3.19. The molecule has 2 amide bonds. The summed E-state index contributed by atoms with van der Waals surface area (Å²) >= 11 is 0. The summed E-state index contributed by atoms with van der Waals surface area (Å²) in [4.78, 5) is 28.8. The molecule has 6 nitrogen and oxygen atoms in total. The number of nitrogens with zero attached hydrogens (tertiary/aromatic N) is 2. The van der Waals surface area contributed by atoms with Gasteiger partial charge in [-0.25, -0.2) is 4.98 Å². The number of fused-ring (bicyclic) bond motifs is 1. The number of pyridine rings is 1. The van der Waals surface area contributed by atoms with Crippen molar-refractivity contribution in [3.8, 4) is 11.3 Å². The van der Waals surface area contributed by atoms with Gasteiger partial charge in [-0.1, -0.05) is 36.4 Å². The standard InChI is InChI=1S/C23H20N4O2/c1-16-6-5-13-27-15-20(26-22(16)27)17-9-11-19(12-10-17)25-21(28)14-24-23(29)18-7-3-2-4-8-18/h2-13,15H,14H2,1H3,(H,24,29)(H,25,28). The first-order chi connectivity index (χ1) is 14.1. The van der Waals surface area contributed by atoms with Gasteiger partial charge in [0.25, 0.3) is 5.91 Å². The van der Waals surface area contributed by atoms with Crippen molar-refractivity contribution in [2.45, 2.75) is 6.92 Å². The molecule has 0 atom stereocenters. The Hall–Kier alpha value is -3.93. The van der Waals surface area contributed by atoms with Gasteiger partial charge in [0.1, 0.15) is 5.65 Å². The number of benzene rings is 2. The van der Waals surface area contributed by atoms with Crippen LogP contribution in [0.2, 0.25) is 0 Å². The average molecular weight is 384 g/mol. The Morgan fingerprint density at radius 2 is 1.72 bits per heavy atom. The van der Waals surface area contributed by atoms with Crippen LogP contribution < -0.4 is 10.6 Å². The molecule has 0 fully saturated rings. The van der Waals surface area contributed by atoms with E-state index in [0.29, 0.717) is 11.3 Å². The molecule has 6 heteroatoms. The zero-order valence-electron chi connectivity index (χ0n) is 15.9. The van der Waals surface area contributed by atoms with E-state index in [0.717, 1.165) is 22.5 Å². The van der Waals surface area contributed by atoms with E-state index in [1.807, 2.05) is 66.2 Å². The molecule has 0 saturated heterocycles. The number of nitrogens with one attached hydrogen (secondary N) is 2. The van der Waals surface area contributed by atoms with Crippen LogP contribution in [0, 0.1) is 6.92 Å². The van der Waals surface area contributed by atoms with Crippen LogP contribution in [0.5, 0.6) is 0 Å². The van der Waals surface area contributed by atoms with Crippen molar-refractivity contribution < 1.29 is 9.59 Å². The number of anilines is 1. The maximum Gasteiger partial charge on any atom is 0.251 e. The molecule has 2 heterocycles. The van der Waals surface area contributed by atoms with Gasteiger partial charge in [-0.15, -0.1) is 0 Å². The van der Waals surface area contributed by atoms with Crippen LogP contribution >= 0.6 is 0 Å². The summed E-state index contributed by atoms with van der Waals surface area (Å²) in [7, 11) is 0. The summed E-state index contributed by atoms with van der Waals surface area (Å²) in [5.41, 5.74) is 5.05. The van der Waals surface area contributed by atoms with Crippen molar-refractivity contribution in [1.82, 2.24) is 14.7 Å². The van der Waals surface area contributed by atoms with Gasteiger partial charge in [0.15, 0.2) is 0 Å². The van der Waals surface area contributed by atoms with Crippen LogP contribution in [0.25, 0.3) is 16.9 Å². The van der Waals surface area contributed by atoms with Crippen LogP contribution in [0.3, 0.4) is 0 Å². The number of aromatic nitrogens is 2. The fraction of sp³-hybridized carbons (Fsp3) is 0.0870. The number of imidazole rings is 1. The molecule has 0 aliphatic heterocycles. The normalized spacial score (nSPS) is 10.7. The number of rotatable bonds is 5. The summed E-state index contributed by atoms with van der Waals surface area (Å²) < 4.78 is 2.00. The fourth-order valence-corrected chi connectivity index (χ4v) is 3.07. The predicted octanol–water partition coefficient (Wildman–Crippen LogP) is 3.68. The second-order valence-corrected chi connectivity index (χ2v) is 6.72. The quantitative estimate of drug-likeness (QED) is 0.551. The first-order valence-corrected chi connectivity index (χ1v) is 9.28. The van der Waals surface area contributed by atoms with E-state index in [1.165, 1.54) is 0 Å². The van der Waals surface area contributed by atoms with Crippen LogP contribution in [-0.2, 0) is 4.79 Å². The second kappa shape index (κ2) is 7.98. The predicted molar refractivity (Wildman–Crippen MR) is 113 cm³/mol. The summed E-state index contributed by atoms with van der Waals surface area (Å²) in [5, 5.41) is 5.40. The number of aryl methyl sites for hydroxylation is 1. The topological polar surface area (TPSA) is 75.5 Å². The zero-order valence-corrected chi connectivity index (χ0v) is 15.9. The highest BCUT2D eigenvalue weighted by Crippen LogP contribution is 2.22. The SMILES string of the molecule is Cc1cccn2cc(-c3ccc(NC(=O)CNC(=O)c4ccccc4)cc3)nc12. The largest absolute Gasteiger partial charge is 0.343 e. The minimum Gasteiger partial charge on any atom is -0.343 e. The summed E-state index contributed by atoms with van der Waals surface area (Å²) in [5.74, 6) is -0.566. The summed E-state index contributed by atoms with van der Waals surface area (Å²) in [6, 6.07) is 20.3. The number of amides is 2. The van der Waals surface area contributed by atoms with Crippen molar-refractivity contribution in [2.24, 2.45) is 0 Å². The monoisotopic (exact) mass is 384 g/mol. The van der Waals surface area contributed by atoms with Crippen LogP contribution in [-0.4, -0.2) is 27.7 Å². The minimum atomic E-state index is -0.287. The molecule has 0 spiro atoms. The molecule has 2 aromatic heterocycles. The van der Waals surface area contributed by atoms with E-state index >= 15 is 0 Å². The highest BCUT2D eigenvalue weighted by Gasteiger charge is 2.09. The van der Waals surface area contributed by atoms with Gasteiger partial charge in [-0.3, -0.25) is 9.59 Å². The van der Waals surface area contributed by atoms with Crippen LogP contribution in [0.15, 0.2) is 79.1 Å². The third-order valence-corrected chi connectivity index (χ3v) is 4.59. The van der Waals surface area contributed by atoms with Gasteiger partial charge in [0.2, 0.25) is 5.91 Å². The highest BCUT2D eigenvalue weighted by atomic mass is 16.2. The van der Waals surface area contributed by atoms with Crippen molar-refractivity contribution in [3.63, 3.8) is 0 Å². The van der Waals surface area contributed by atoms with Gasteiger partial charge in [-0.05, 0) is 42.8 Å². The second-order valence-electron chi connectivity index (χ2n) is 6.72. The maximum absolute atomic E-state index is 12.1. The molecule has 0 aliphatic carbocycles. The Morgan fingerprint density at radius 1 is 0.966 bits per heavy atom. The maximum atomic E-state index is 12.1. The minimum absolute atomic E-state index is 0.0960. The molecule has 4 rings (SSSR count). The van der Waals surface area contributed by atoms with E-state index in [4.69, 9.17) is 0 Å². The lowest BCUT2D eigenvalue weighted by Gasteiger charge is -2.07. The Bertz CT molecular complexity index is 1160. The molecule has 2 N–H and O–H groups in total. The number of hydrogen-bond acceptors (Lipinski definition) is 3. The summed E-state index contributed by atoms with van der Waals surface area (Å²) in [6.07, 6.45) is 3.95. The van der Waals surface area contributed by atoms with E-state index < -0.39 is 0 Å². The molecule has 29 heavy (non-hydrogen) atoms. The molecular weight excluding hydrogens is 364 g/mol. The number of hydrogen-bond donors (Lipinski definition) is 2. The van der Waals surface area contributed by atoms with E-state index in [1.54, 1.807) is 24.3 Å². The van der Waals surface area contributed by atoms with Gasteiger partial charge in [0, 0.05) is 29.2 Å². The molecule has 0 aliphatic rings. The van der Waals surface area contributed by atoms with Gasteiger partial charge < -0.3 is 15.0 Å². The van der Waals surface area contributed by atoms with Crippen LogP contribution in [0.4, 0.5) is 5.69 Å². The van der Waals surface area contributed by atoms with Crippen molar-refractivity contribution in [2.75, 3.05) is 11.9 Å². The smallest absolute Gasteiger partial charge is 0.251 e.